The molecule has 0 atom stereocenters. The molecule has 21 heavy (non-hydrogen) atoms. The third-order valence-electron chi connectivity index (χ3n) is 2.58. The molecular formula is C14H12N2O5. The molecule has 0 aliphatic carbocycles. The standard InChI is InChI=1S/C14H12N2O5/c17-14(18)9-21-13-7-3-11(4-8-13)15-10-1-5-12(6-2-10)16(19)20/h1-8,15H,9H2,(H,17,18). The van der Waals surface area contributed by atoms with Crippen molar-refractivity contribution < 1.29 is 19.6 Å². The van der Waals surface area contributed by atoms with Gasteiger partial charge in [0.1, 0.15) is 5.75 Å². The Hall–Kier alpha value is -3.09. The van der Waals surface area contributed by atoms with Crippen LogP contribution in [0.1, 0.15) is 0 Å². The number of hydrogen-bond acceptors (Lipinski definition) is 5. The molecule has 0 unspecified atom stereocenters. The molecule has 0 radical (unpaired) electrons. The van der Waals surface area contributed by atoms with Gasteiger partial charge in [-0.2, -0.15) is 0 Å². The average molecular weight is 288 g/mol. The van der Waals surface area contributed by atoms with E-state index in [0.29, 0.717) is 11.4 Å². The molecule has 0 saturated carbocycles. The zero-order valence-corrected chi connectivity index (χ0v) is 10.9. The summed E-state index contributed by atoms with van der Waals surface area (Å²) in [4.78, 5) is 20.5. The number of anilines is 2. The summed E-state index contributed by atoms with van der Waals surface area (Å²) in [5.41, 5.74) is 1.49. The van der Waals surface area contributed by atoms with Crippen molar-refractivity contribution in [2.45, 2.75) is 0 Å². The maximum Gasteiger partial charge on any atom is 0.341 e. The second-order valence-electron chi connectivity index (χ2n) is 4.14. The summed E-state index contributed by atoms with van der Waals surface area (Å²) in [5.74, 6) is -0.588. The van der Waals surface area contributed by atoms with E-state index in [0.717, 1.165) is 5.69 Å². The van der Waals surface area contributed by atoms with Crippen molar-refractivity contribution in [1.29, 1.82) is 0 Å². The first kappa shape index (κ1) is 14.3. The molecule has 0 aliphatic heterocycles. The van der Waals surface area contributed by atoms with Crippen LogP contribution in [0, 0.1) is 10.1 Å². The first-order valence-corrected chi connectivity index (χ1v) is 6.01. The maximum absolute atomic E-state index is 10.5. The Labute approximate surface area is 119 Å². The number of nitrogens with zero attached hydrogens (tertiary/aromatic N) is 1. The molecule has 0 bridgehead atoms. The molecular weight excluding hydrogens is 276 g/mol. The third-order valence-corrected chi connectivity index (χ3v) is 2.58. The minimum absolute atomic E-state index is 0.0259. The van der Waals surface area contributed by atoms with Crippen LogP contribution in [-0.2, 0) is 4.79 Å². The lowest BCUT2D eigenvalue weighted by Crippen LogP contribution is -2.09. The molecule has 2 rings (SSSR count). The Morgan fingerprint density at radius 2 is 1.62 bits per heavy atom. The number of nitro benzene ring substituents is 1. The normalized spacial score (nSPS) is 9.90. The fourth-order valence-corrected chi connectivity index (χ4v) is 1.61. The summed E-state index contributed by atoms with van der Waals surface area (Å²) in [6, 6.07) is 12.7. The number of nitrogens with one attached hydrogen (secondary N) is 1. The Bertz CT molecular complexity index is 637. The van der Waals surface area contributed by atoms with Gasteiger partial charge in [0.05, 0.1) is 4.92 Å². The number of benzene rings is 2. The Morgan fingerprint density at radius 1 is 1.10 bits per heavy atom. The first-order chi connectivity index (χ1) is 10.0. The average Bonchev–Trinajstić information content (AvgIpc) is 2.47. The molecule has 7 heteroatoms. The Kier molecular flexibility index (Phi) is 4.35. The molecule has 0 amide bonds. The van der Waals surface area contributed by atoms with Crippen molar-refractivity contribution in [2.75, 3.05) is 11.9 Å². The second kappa shape index (κ2) is 6.38. The van der Waals surface area contributed by atoms with Crippen LogP contribution in [0.15, 0.2) is 48.5 Å². The van der Waals surface area contributed by atoms with Crippen LogP contribution < -0.4 is 10.1 Å². The lowest BCUT2D eigenvalue weighted by molar-refractivity contribution is -0.384. The Balaban J connectivity index is 1.99. The molecule has 0 aromatic heterocycles. The fourth-order valence-electron chi connectivity index (χ4n) is 1.61. The second-order valence-corrected chi connectivity index (χ2v) is 4.14. The van der Waals surface area contributed by atoms with E-state index in [-0.39, 0.29) is 5.69 Å². The van der Waals surface area contributed by atoms with Gasteiger partial charge >= 0.3 is 5.97 Å². The van der Waals surface area contributed by atoms with Crippen LogP contribution in [0.5, 0.6) is 5.75 Å². The SMILES string of the molecule is O=C(O)COc1ccc(Nc2ccc([N+](=O)[O-])cc2)cc1. The zero-order chi connectivity index (χ0) is 15.2. The van der Waals surface area contributed by atoms with Gasteiger partial charge in [-0.15, -0.1) is 0 Å². The van der Waals surface area contributed by atoms with Crippen LogP contribution in [0.2, 0.25) is 0 Å². The zero-order valence-electron chi connectivity index (χ0n) is 10.9. The summed E-state index contributed by atoms with van der Waals surface area (Å²) in [7, 11) is 0. The summed E-state index contributed by atoms with van der Waals surface area (Å²) < 4.78 is 5.01. The number of carbonyl (C=O) groups is 1. The molecule has 0 heterocycles. The molecule has 7 nitrogen and oxygen atoms in total. The molecule has 2 aromatic carbocycles. The quantitative estimate of drug-likeness (QED) is 0.626. The van der Waals surface area contributed by atoms with Crippen molar-refractivity contribution >= 4 is 23.0 Å². The maximum atomic E-state index is 10.5. The van der Waals surface area contributed by atoms with Gasteiger partial charge in [0, 0.05) is 23.5 Å². The van der Waals surface area contributed by atoms with E-state index in [1.54, 1.807) is 36.4 Å². The van der Waals surface area contributed by atoms with E-state index in [9.17, 15) is 14.9 Å². The summed E-state index contributed by atoms with van der Waals surface area (Å²) in [6.07, 6.45) is 0. The van der Waals surface area contributed by atoms with Crippen LogP contribution in [0.25, 0.3) is 0 Å². The lowest BCUT2D eigenvalue weighted by Gasteiger charge is -2.08. The van der Waals surface area contributed by atoms with E-state index in [4.69, 9.17) is 9.84 Å². The number of rotatable bonds is 6. The van der Waals surface area contributed by atoms with Crippen LogP contribution in [0.4, 0.5) is 17.1 Å². The summed E-state index contributed by atoms with van der Waals surface area (Å²) in [5, 5.41) is 22.1. The van der Waals surface area contributed by atoms with E-state index in [2.05, 4.69) is 5.32 Å². The number of nitro groups is 1. The Morgan fingerprint density at radius 3 is 2.10 bits per heavy atom. The molecule has 2 N–H and O–H groups in total. The predicted octanol–water partition coefficient (Wildman–Crippen LogP) is 2.80. The van der Waals surface area contributed by atoms with Crippen molar-refractivity contribution in [3.63, 3.8) is 0 Å². The van der Waals surface area contributed by atoms with E-state index >= 15 is 0 Å². The van der Waals surface area contributed by atoms with Gasteiger partial charge in [-0.3, -0.25) is 10.1 Å². The van der Waals surface area contributed by atoms with E-state index in [1.165, 1.54) is 12.1 Å². The fraction of sp³-hybridized carbons (Fsp3) is 0.0714. The number of ether oxygens (including phenoxy) is 1. The summed E-state index contributed by atoms with van der Waals surface area (Å²) in [6.45, 7) is -0.394. The van der Waals surface area contributed by atoms with E-state index < -0.39 is 17.5 Å². The number of carboxylic acid groups (broad SMARTS) is 1. The number of aliphatic carboxylic acids is 1. The summed E-state index contributed by atoms with van der Waals surface area (Å²) >= 11 is 0. The van der Waals surface area contributed by atoms with Gasteiger partial charge in [0.25, 0.3) is 5.69 Å². The highest BCUT2D eigenvalue weighted by Gasteiger charge is 2.04. The van der Waals surface area contributed by atoms with Gasteiger partial charge in [0.2, 0.25) is 0 Å². The molecule has 2 aromatic rings. The first-order valence-electron chi connectivity index (χ1n) is 6.01. The van der Waals surface area contributed by atoms with Crippen LogP contribution >= 0.6 is 0 Å². The molecule has 0 aliphatic rings. The smallest absolute Gasteiger partial charge is 0.341 e. The predicted molar refractivity (Wildman–Crippen MR) is 76.0 cm³/mol. The van der Waals surface area contributed by atoms with E-state index in [1.807, 2.05) is 0 Å². The van der Waals surface area contributed by atoms with Gasteiger partial charge in [-0.05, 0) is 36.4 Å². The molecule has 0 spiro atoms. The lowest BCUT2D eigenvalue weighted by atomic mass is 10.2. The van der Waals surface area contributed by atoms with Crippen molar-refractivity contribution in [3.05, 3.63) is 58.6 Å². The highest BCUT2D eigenvalue weighted by atomic mass is 16.6. The highest BCUT2D eigenvalue weighted by molar-refractivity contribution is 5.68. The molecule has 0 saturated heterocycles. The van der Waals surface area contributed by atoms with Crippen LogP contribution in [-0.4, -0.2) is 22.6 Å². The van der Waals surface area contributed by atoms with Gasteiger partial charge in [0.15, 0.2) is 6.61 Å². The number of non-ortho nitro benzene ring substituents is 1. The number of carboxylic acids is 1. The topological polar surface area (TPSA) is 102 Å². The minimum Gasteiger partial charge on any atom is -0.482 e. The van der Waals surface area contributed by atoms with Crippen molar-refractivity contribution in [3.8, 4) is 5.75 Å². The number of hydrogen-bond donors (Lipinski definition) is 2. The van der Waals surface area contributed by atoms with Crippen molar-refractivity contribution in [2.24, 2.45) is 0 Å². The van der Waals surface area contributed by atoms with Gasteiger partial charge in [-0.25, -0.2) is 4.79 Å². The van der Waals surface area contributed by atoms with Gasteiger partial charge in [-0.1, -0.05) is 0 Å². The van der Waals surface area contributed by atoms with Crippen molar-refractivity contribution in [1.82, 2.24) is 0 Å². The highest BCUT2D eigenvalue weighted by Crippen LogP contribution is 2.22. The molecule has 108 valence electrons. The third kappa shape index (κ3) is 4.20. The largest absolute Gasteiger partial charge is 0.482 e. The molecule has 0 fully saturated rings. The minimum atomic E-state index is -1.04. The van der Waals surface area contributed by atoms with Gasteiger partial charge < -0.3 is 15.2 Å². The monoisotopic (exact) mass is 288 g/mol. The van der Waals surface area contributed by atoms with Crippen LogP contribution in [0.3, 0.4) is 0 Å².